The van der Waals surface area contributed by atoms with Gasteiger partial charge >= 0.3 is 0 Å². The number of hydrogen-bond acceptors (Lipinski definition) is 2. The molecule has 0 aliphatic rings. The number of anilines is 2. The highest BCUT2D eigenvalue weighted by Gasteiger charge is 2.17. The number of benzene rings is 3. The molecule has 1 unspecified atom stereocenters. The molecule has 0 aliphatic heterocycles. The number of carbonyl (C=O) groups is 2. The smallest absolute Gasteiger partial charge is 0.279 e. The van der Waals surface area contributed by atoms with Crippen LogP contribution >= 0.6 is 0 Å². The molecular weight excluding hydrogens is 388 g/mol. The lowest BCUT2D eigenvalue weighted by atomic mass is 10.1. The van der Waals surface area contributed by atoms with E-state index in [1.54, 1.807) is 49.5 Å². The third-order valence-corrected chi connectivity index (χ3v) is 4.46. The van der Waals surface area contributed by atoms with Crippen LogP contribution in [0.2, 0.25) is 0 Å². The Morgan fingerprint density at radius 3 is 2.27 bits per heavy atom. The number of halogens is 2. The van der Waals surface area contributed by atoms with E-state index in [0.29, 0.717) is 23.5 Å². The first-order chi connectivity index (χ1) is 14.4. The number of amides is 2. The van der Waals surface area contributed by atoms with E-state index >= 15 is 0 Å². The third kappa shape index (κ3) is 5.71. The topological polar surface area (TPSA) is 62.6 Å². The Balaban J connectivity index is 1.63. The molecule has 0 bridgehead atoms. The van der Waals surface area contributed by atoms with E-state index in [0.717, 1.165) is 4.90 Å². The van der Waals surface area contributed by atoms with Crippen molar-refractivity contribution in [3.05, 3.63) is 95.6 Å². The molecule has 3 N–H and O–H groups in total. The molecule has 3 rings (SSSR count). The zero-order valence-electron chi connectivity index (χ0n) is 16.4. The quantitative estimate of drug-likeness (QED) is 0.561. The van der Waals surface area contributed by atoms with E-state index in [1.807, 2.05) is 0 Å². The number of nitrogens with one attached hydrogen (secondary N) is 3. The highest BCUT2D eigenvalue weighted by atomic mass is 19.1. The standard InChI is InChI=1S/C23H21F2N3O2/c1-28(14-16-6-2-4-8-20(16)25)15-22(29)27-21-9-5-3-7-19(21)23(30)26-18-12-10-17(24)11-13-18/h2-13H,14-15H2,1H3,(H,26,30)(H,27,29)/p+1. The summed E-state index contributed by atoms with van der Waals surface area (Å²) in [6, 6.07) is 18.5. The Bertz CT molecular complexity index is 1040. The van der Waals surface area contributed by atoms with Gasteiger partial charge in [-0.3, -0.25) is 9.59 Å². The lowest BCUT2D eigenvalue weighted by molar-refractivity contribution is -0.885. The Morgan fingerprint density at radius 2 is 1.53 bits per heavy atom. The summed E-state index contributed by atoms with van der Waals surface area (Å²) in [5.41, 5.74) is 1.61. The molecule has 154 valence electrons. The van der Waals surface area contributed by atoms with Crippen LogP contribution in [-0.4, -0.2) is 25.4 Å². The highest BCUT2D eigenvalue weighted by Crippen LogP contribution is 2.17. The minimum atomic E-state index is -0.426. The first-order valence-corrected chi connectivity index (χ1v) is 9.43. The molecule has 2 amide bonds. The van der Waals surface area contributed by atoms with E-state index in [9.17, 15) is 18.4 Å². The van der Waals surface area contributed by atoms with Crippen molar-refractivity contribution in [1.29, 1.82) is 0 Å². The molecule has 30 heavy (non-hydrogen) atoms. The maximum Gasteiger partial charge on any atom is 0.279 e. The van der Waals surface area contributed by atoms with Gasteiger partial charge in [0.15, 0.2) is 6.54 Å². The SMILES string of the molecule is C[NH+](CC(=O)Nc1ccccc1C(=O)Nc1ccc(F)cc1)Cc1ccccc1F. The van der Waals surface area contributed by atoms with Crippen LogP contribution < -0.4 is 15.5 Å². The monoisotopic (exact) mass is 410 g/mol. The van der Waals surface area contributed by atoms with E-state index in [-0.39, 0.29) is 23.8 Å². The summed E-state index contributed by atoms with van der Waals surface area (Å²) in [6.07, 6.45) is 0. The average molecular weight is 410 g/mol. The Labute approximate surface area is 173 Å². The minimum Gasteiger partial charge on any atom is -0.326 e. The van der Waals surface area contributed by atoms with Crippen LogP contribution in [0.15, 0.2) is 72.8 Å². The van der Waals surface area contributed by atoms with Crippen LogP contribution in [0.25, 0.3) is 0 Å². The first kappa shape index (κ1) is 21.1. The zero-order chi connectivity index (χ0) is 21.5. The minimum absolute atomic E-state index is 0.0995. The molecule has 0 saturated heterocycles. The second-order valence-electron chi connectivity index (χ2n) is 6.96. The summed E-state index contributed by atoms with van der Waals surface area (Å²) in [7, 11) is 1.79. The van der Waals surface area contributed by atoms with Crippen molar-refractivity contribution >= 4 is 23.2 Å². The number of hydrogen-bond donors (Lipinski definition) is 3. The third-order valence-electron chi connectivity index (χ3n) is 4.46. The number of likely N-dealkylation sites (N-methyl/N-ethyl adjacent to an activating group) is 1. The summed E-state index contributed by atoms with van der Waals surface area (Å²) in [5, 5.41) is 5.42. The largest absolute Gasteiger partial charge is 0.326 e. The molecule has 0 aromatic heterocycles. The predicted octanol–water partition coefficient (Wildman–Crippen LogP) is 2.87. The van der Waals surface area contributed by atoms with Crippen molar-refractivity contribution in [2.24, 2.45) is 0 Å². The predicted molar refractivity (Wildman–Crippen MR) is 111 cm³/mol. The molecule has 0 saturated carbocycles. The van der Waals surface area contributed by atoms with Gasteiger partial charge in [-0.05, 0) is 42.5 Å². The maximum absolute atomic E-state index is 13.8. The van der Waals surface area contributed by atoms with Gasteiger partial charge in [0.2, 0.25) is 0 Å². The van der Waals surface area contributed by atoms with Crippen molar-refractivity contribution in [3.63, 3.8) is 0 Å². The van der Waals surface area contributed by atoms with Crippen molar-refractivity contribution in [1.82, 2.24) is 0 Å². The summed E-state index contributed by atoms with van der Waals surface area (Å²) >= 11 is 0. The number of quaternary nitrogens is 1. The second-order valence-corrected chi connectivity index (χ2v) is 6.96. The molecule has 1 atom stereocenters. The van der Waals surface area contributed by atoms with Crippen molar-refractivity contribution in [2.75, 3.05) is 24.2 Å². The Hall–Kier alpha value is -3.58. The summed E-state index contributed by atoms with van der Waals surface area (Å²) in [6.45, 7) is 0.453. The number of para-hydroxylation sites is 1. The van der Waals surface area contributed by atoms with Gasteiger partial charge in [0.25, 0.3) is 11.8 Å². The molecule has 5 nitrogen and oxygen atoms in total. The fourth-order valence-corrected chi connectivity index (χ4v) is 3.02. The molecule has 0 radical (unpaired) electrons. The Kier molecular flexibility index (Phi) is 6.87. The van der Waals surface area contributed by atoms with Crippen molar-refractivity contribution in [3.8, 4) is 0 Å². The molecule has 0 spiro atoms. The number of rotatable bonds is 7. The normalized spacial score (nSPS) is 11.6. The summed E-state index contributed by atoms with van der Waals surface area (Å²) < 4.78 is 26.8. The molecule has 0 aliphatic carbocycles. The van der Waals surface area contributed by atoms with E-state index in [1.165, 1.54) is 30.3 Å². The summed E-state index contributed by atoms with van der Waals surface area (Å²) in [4.78, 5) is 25.9. The average Bonchev–Trinajstić information content (AvgIpc) is 2.71. The molecule has 7 heteroatoms. The second kappa shape index (κ2) is 9.76. The lowest BCUT2D eigenvalue weighted by Crippen LogP contribution is -3.08. The van der Waals surface area contributed by atoms with E-state index in [4.69, 9.17) is 0 Å². The van der Waals surface area contributed by atoms with E-state index in [2.05, 4.69) is 10.6 Å². The van der Waals surface area contributed by atoms with Crippen molar-refractivity contribution < 1.29 is 23.3 Å². The van der Waals surface area contributed by atoms with Gasteiger partial charge in [0, 0.05) is 11.3 Å². The molecule has 3 aromatic carbocycles. The van der Waals surface area contributed by atoms with Gasteiger partial charge < -0.3 is 15.5 Å². The van der Waals surface area contributed by atoms with Crippen molar-refractivity contribution in [2.45, 2.75) is 6.54 Å². The van der Waals surface area contributed by atoms with Crippen LogP contribution in [0.5, 0.6) is 0 Å². The summed E-state index contributed by atoms with van der Waals surface area (Å²) in [5.74, 6) is -1.43. The lowest BCUT2D eigenvalue weighted by Gasteiger charge is -2.15. The van der Waals surface area contributed by atoms with Crippen LogP contribution in [-0.2, 0) is 11.3 Å². The van der Waals surface area contributed by atoms with Gasteiger partial charge in [-0.1, -0.05) is 30.3 Å². The molecule has 3 aromatic rings. The van der Waals surface area contributed by atoms with Crippen LogP contribution in [0, 0.1) is 11.6 Å². The first-order valence-electron chi connectivity index (χ1n) is 9.43. The molecule has 0 heterocycles. The van der Waals surface area contributed by atoms with Gasteiger partial charge in [-0.25, -0.2) is 8.78 Å². The van der Waals surface area contributed by atoms with Gasteiger partial charge in [-0.15, -0.1) is 0 Å². The fourth-order valence-electron chi connectivity index (χ4n) is 3.02. The zero-order valence-corrected chi connectivity index (χ0v) is 16.4. The maximum atomic E-state index is 13.8. The van der Waals surface area contributed by atoms with Gasteiger partial charge in [0.05, 0.1) is 18.3 Å². The highest BCUT2D eigenvalue weighted by molar-refractivity contribution is 6.10. The van der Waals surface area contributed by atoms with Gasteiger partial charge in [-0.2, -0.15) is 0 Å². The van der Waals surface area contributed by atoms with Crippen LogP contribution in [0.1, 0.15) is 15.9 Å². The Morgan fingerprint density at radius 1 is 0.867 bits per heavy atom. The van der Waals surface area contributed by atoms with Crippen LogP contribution in [0.4, 0.5) is 20.2 Å². The van der Waals surface area contributed by atoms with E-state index < -0.39 is 11.7 Å². The number of carbonyl (C=O) groups excluding carboxylic acids is 2. The molecule has 0 fully saturated rings. The van der Waals surface area contributed by atoms with Gasteiger partial charge in [0.1, 0.15) is 18.2 Å². The fraction of sp³-hybridized carbons (Fsp3) is 0.130. The molecular formula is C23H22F2N3O2+. The van der Waals surface area contributed by atoms with Crippen LogP contribution in [0.3, 0.4) is 0 Å².